The van der Waals surface area contributed by atoms with Gasteiger partial charge in [0.15, 0.2) is 0 Å². The van der Waals surface area contributed by atoms with E-state index in [-0.39, 0.29) is 11.2 Å². The van der Waals surface area contributed by atoms with Crippen molar-refractivity contribution < 1.29 is 4.74 Å². The van der Waals surface area contributed by atoms with Crippen molar-refractivity contribution in [3.05, 3.63) is 17.5 Å². The van der Waals surface area contributed by atoms with Crippen molar-refractivity contribution in [3.8, 4) is 0 Å². The molecule has 0 saturated carbocycles. The van der Waals surface area contributed by atoms with Crippen LogP contribution in [0, 0.1) is 0 Å². The van der Waals surface area contributed by atoms with Crippen LogP contribution < -0.4 is 0 Å². The first-order chi connectivity index (χ1) is 8.29. The van der Waals surface area contributed by atoms with E-state index in [0.717, 1.165) is 19.3 Å². The zero-order valence-electron chi connectivity index (χ0n) is 12.6. The minimum atomic E-state index is -0.148. The van der Waals surface area contributed by atoms with E-state index in [2.05, 4.69) is 52.3 Å². The van der Waals surface area contributed by atoms with Crippen LogP contribution in [0.15, 0.2) is 6.07 Å². The number of ether oxygens (including phenoxy) is 1. The van der Waals surface area contributed by atoms with Gasteiger partial charge < -0.3 is 4.74 Å². The molecule has 2 rings (SSSR count). The molecule has 1 saturated heterocycles. The van der Waals surface area contributed by atoms with Crippen LogP contribution >= 0.6 is 0 Å². The third kappa shape index (κ3) is 2.33. The van der Waals surface area contributed by atoms with Gasteiger partial charge in [-0.25, -0.2) is 0 Å². The third-order valence-corrected chi connectivity index (χ3v) is 3.91. The van der Waals surface area contributed by atoms with Crippen LogP contribution in [-0.2, 0) is 17.6 Å². The van der Waals surface area contributed by atoms with E-state index in [9.17, 15) is 0 Å². The number of hydrogen-bond acceptors (Lipinski definition) is 2. The summed E-state index contributed by atoms with van der Waals surface area (Å²) in [7, 11) is 0. The molecule has 18 heavy (non-hydrogen) atoms. The number of aromatic nitrogens is 2. The molecule has 0 radical (unpaired) electrons. The van der Waals surface area contributed by atoms with Crippen molar-refractivity contribution >= 4 is 0 Å². The van der Waals surface area contributed by atoms with Gasteiger partial charge in [0.05, 0.1) is 22.9 Å². The van der Waals surface area contributed by atoms with Crippen molar-refractivity contribution in [2.24, 2.45) is 0 Å². The number of aryl methyl sites for hydroxylation is 2. The van der Waals surface area contributed by atoms with Crippen LogP contribution in [0.3, 0.4) is 0 Å². The Bertz CT molecular complexity index is 432. The number of hydrogen-bond donors (Lipinski definition) is 0. The van der Waals surface area contributed by atoms with Crippen LogP contribution in [0.2, 0.25) is 0 Å². The maximum atomic E-state index is 6.18. The highest BCUT2D eigenvalue weighted by Crippen LogP contribution is 2.45. The fourth-order valence-corrected chi connectivity index (χ4v) is 3.11. The van der Waals surface area contributed by atoms with Crippen molar-refractivity contribution in [2.45, 2.75) is 78.0 Å². The Morgan fingerprint density at radius 1 is 1.28 bits per heavy atom. The summed E-state index contributed by atoms with van der Waals surface area (Å²) >= 11 is 0. The molecule has 0 aromatic carbocycles. The minimum Gasteiger partial charge on any atom is -0.367 e. The van der Waals surface area contributed by atoms with Gasteiger partial charge in [0, 0.05) is 12.1 Å². The Kier molecular flexibility index (Phi) is 3.30. The molecule has 0 amide bonds. The van der Waals surface area contributed by atoms with Crippen LogP contribution in [0.1, 0.15) is 65.4 Å². The minimum absolute atomic E-state index is 0.0580. The van der Waals surface area contributed by atoms with Crippen LogP contribution in [-0.4, -0.2) is 21.0 Å². The Labute approximate surface area is 111 Å². The maximum absolute atomic E-state index is 6.18. The van der Waals surface area contributed by atoms with Gasteiger partial charge in [0.25, 0.3) is 0 Å². The summed E-state index contributed by atoms with van der Waals surface area (Å²) in [4.78, 5) is 0. The predicted molar refractivity (Wildman–Crippen MR) is 73.9 cm³/mol. The van der Waals surface area contributed by atoms with Gasteiger partial charge in [-0.2, -0.15) is 5.10 Å². The van der Waals surface area contributed by atoms with Crippen molar-refractivity contribution in [1.82, 2.24) is 9.78 Å². The van der Waals surface area contributed by atoms with Gasteiger partial charge in [-0.05, 0) is 46.6 Å². The van der Waals surface area contributed by atoms with Crippen LogP contribution in [0.4, 0.5) is 0 Å². The van der Waals surface area contributed by atoms with Gasteiger partial charge in [0.2, 0.25) is 0 Å². The molecule has 1 atom stereocenters. The molecule has 1 aliphatic rings. The summed E-state index contributed by atoms with van der Waals surface area (Å²) in [5.74, 6) is 0. The second kappa shape index (κ2) is 4.37. The predicted octanol–water partition coefficient (Wildman–Crippen LogP) is 3.53. The summed E-state index contributed by atoms with van der Waals surface area (Å²) in [6.45, 7) is 13.1. The van der Waals surface area contributed by atoms with Crippen LogP contribution in [0.25, 0.3) is 0 Å². The molecule has 1 fully saturated rings. The van der Waals surface area contributed by atoms with Crippen LogP contribution in [0.5, 0.6) is 0 Å². The van der Waals surface area contributed by atoms with Gasteiger partial charge in [-0.1, -0.05) is 13.8 Å². The SMILES string of the molecule is CCc1cc(CC)n(C2CC(C)(C)OC2(C)C)n1. The molecule has 0 aliphatic carbocycles. The van der Waals surface area contributed by atoms with E-state index in [1.807, 2.05) is 0 Å². The topological polar surface area (TPSA) is 27.1 Å². The largest absolute Gasteiger partial charge is 0.367 e. The lowest BCUT2D eigenvalue weighted by Crippen LogP contribution is -2.32. The third-order valence-electron chi connectivity index (χ3n) is 3.91. The zero-order valence-corrected chi connectivity index (χ0v) is 12.6. The molecule has 1 aromatic rings. The zero-order chi connectivity index (χ0) is 13.6. The smallest absolute Gasteiger partial charge is 0.0858 e. The van der Waals surface area contributed by atoms with Crippen molar-refractivity contribution in [2.75, 3.05) is 0 Å². The summed E-state index contributed by atoms with van der Waals surface area (Å²) in [6, 6.07) is 2.57. The lowest BCUT2D eigenvalue weighted by molar-refractivity contribution is -0.0739. The first kappa shape index (κ1) is 13.6. The van der Waals surface area contributed by atoms with Gasteiger partial charge in [-0.15, -0.1) is 0 Å². The second-order valence-electron chi connectivity index (χ2n) is 6.46. The highest BCUT2D eigenvalue weighted by molar-refractivity contribution is 5.13. The normalized spacial score (nSPS) is 25.6. The Balaban J connectivity index is 2.39. The summed E-state index contributed by atoms with van der Waals surface area (Å²) in [5.41, 5.74) is 2.31. The first-order valence-corrected chi connectivity index (χ1v) is 7.06. The monoisotopic (exact) mass is 250 g/mol. The highest BCUT2D eigenvalue weighted by Gasteiger charge is 2.47. The lowest BCUT2D eigenvalue weighted by Gasteiger charge is -2.28. The van der Waals surface area contributed by atoms with Crippen molar-refractivity contribution in [1.29, 1.82) is 0 Å². The number of rotatable bonds is 3. The van der Waals surface area contributed by atoms with Crippen molar-refractivity contribution in [3.63, 3.8) is 0 Å². The molecule has 1 unspecified atom stereocenters. The lowest BCUT2D eigenvalue weighted by atomic mass is 9.94. The average Bonchev–Trinajstić information content (AvgIpc) is 2.75. The number of nitrogens with zero attached hydrogens (tertiary/aromatic N) is 2. The van der Waals surface area contributed by atoms with Gasteiger partial charge in [0.1, 0.15) is 0 Å². The summed E-state index contributed by atoms with van der Waals surface area (Å²) < 4.78 is 8.40. The highest BCUT2D eigenvalue weighted by atomic mass is 16.5. The molecular weight excluding hydrogens is 224 g/mol. The summed E-state index contributed by atoms with van der Waals surface area (Å²) in [6.07, 6.45) is 3.05. The molecule has 3 nitrogen and oxygen atoms in total. The van der Waals surface area contributed by atoms with Gasteiger partial charge in [-0.3, -0.25) is 4.68 Å². The Hall–Kier alpha value is -0.830. The molecule has 1 aromatic heterocycles. The first-order valence-electron chi connectivity index (χ1n) is 7.06. The van der Waals surface area contributed by atoms with E-state index in [4.69, 9.17) is 9.84 Å². The standard InChI is InChI=1S/C15H26N2O/c1-7-11-9-12(8-2)17(16-11)13-10-14(3,4)18-15(13,5)6/h9,13H,7-8,10H2,1-6H3. The van der Waals surface area contributed by atoms with Gasteiger partial charge >= 0.3 is 0 Å². The quantitative estimate of drug-likeness (QED) is 0.820. The molecule has 2 heterocycles. The fraction of sp³-hybridized carbons (Fsp3) is 0.800. The molecular formula is C15H26N2O. The Morgan fingerprint density at radius 2 is 1.94 bits per heavy atom. The molecule has 0 spiro atoms. The molecule has 0 N–H and O–H groups in total. The summed E-state index contributed by atoms with van der Waals surface area (Å²) in [5, 5.41) is 4.78. The maximum Gasteiger partial charge on any atom is 0.0858 e. The molecule has 102 valence electrons. The molecule has 3 heteroatoms. The Morgan fingerprint density at radius 3 is 2.39 bits per heavy atom. The van der Waals surface area contributed by atoms with E-state index < -0.39 is 0 Å². The molecule has 0 bridgehead atoms. The fourth-order valence-electron chi connectivity index (χ4n) is 3.11. The second-order valence-corrected chi connectivity index (χ2v) is 6.46. The molecule has 1 aliphatic heterocycles. The van der Waals surface area contributed by atoms with E-state index in [0.29, 0.717) is 6.04 Å². The van der Waals surface area contributed by atoms with E-state index in [1.165, 1.54) is 11.4 Å². The van der Waals surface area contributed by atoms with E-state index in [1.54, 1.807) is 0 Å². The average molecular weight is 250 g/mol. The van der Waals surface area contributed by atoms with E-state index >= 15 is 0 Å².